The number of anilines is 3. The lowest BCUT2D eigenvalue weighted by Crippen LogP contribution is -2.57. The highest BCUT2D eigenvalue weighted by atomic mass is 16.5. The second-order valence-electron chi connectivity index (χ2n) is 23.1. The van der Waals surface area contributed by atoms with Gasteiger partial charge in [0.1, 0.15) is 11.5 Å². The minimum absolute atomic E-state index is 0.0369. The van der Waals surface area contributed by atoms with Gasteiger partial charge in [0.05, 0.1) is 14.2 Å². The largest absolute Gasteiger partial charge is 0.497 e. The first kappa shape index (κ1) is 40.4. The topological polar surface area (TPSA) is 26.6 Å². The molecule has 0 saturated heterocycles. The van der Waals surface area contributed by atoms with Crippen molar-refractivity contribution in [1.82, 2.24) is 4.48 Å². The van der Waals surface area contributed by atoms with Crippen LogP contribution >= 0.6 is 0 Å². The Kier molecular flexibility index (Phi) is 8.38. The summed E-state index contributed by atoms with van der Waals surface area (Å²) < 4.78 is 14.7. The van der Waals surface area contributed by atoms with Gasteiger partial charge in [-0.25, -0.2) is 0 Å². The van der Waals surface area contributed by atoms with Gasteiger partial charge in [-0.05, 0) is 169 Å². The van der Waals surface area contributed by atoms with Crippen molar-refractivity contribution in [2.45, 2.75) is 129 Å². The molecule has 5 heteroatoms. The summed E-state index contributed by atoms with van der Waals surface area (Å²) >= 11 is 0. The average molecular weight is 831 g/mol. The number of ether oxygens (including phenoxy) is 2. The third kappa shape index (κ3) is 5.79. The summed E-state index contributed by atoms with van der Waals surface area (Å²) in [5, 5.41) is 2.37. The van der Waals surface area contributed by atoms with E-state index in [9.17, 15) is 0 Å². The van der Waals surface area contributed by atoms with Gasteiger partial charge in [0.15, 0.2) is 0 Å². The quantitative estimate of drug-likeness (QED) is 0.165. The number of benzene rings is 6. The van der Waals surface area contributed by atoms with E-state index in [1.807, 2.05) is 0 Å². The summed E-state index contributed by atoms with van der Waals surface area (Å²) in [5.41, 5.74) is 21.4. The van der Waals surface area contributed by atoms with E-state index < -0.39 is 0 Å². The van der Waals surface area contributed by atoms with Crippen molar-refractivity contribution < 1.29 is 9.47 Å². The fourth-order valence-electron chi connectivity index (χ4n) is 12.1. The van der Waals surface area contributed by atoms with Crippen LogP contribution in [0.3, 0.4) is 0 Å². The Morgan fingerprint density at radius 3 is 1.76 bits per heavy atom. The maximum Gasteiger partial charge on any atom is 0.333 e. The second-order valence-corrected chi connectivity index (χ2v) is 23.1. The molecule has 0 N–H and O–H groups in total. The van der Waals surface area contributed by atoms with E-state index >= 15 is 0 Å². The van der Waals surface area contributed by atoms with E-state index in [4.69, 9.17) is 9.47 Å². The first-order valence-corrected chi connectivity index (χ1v) is 23.4. The van der Waals surface area contributed by atoms with Crippen molar-refractivity contribution >= 4 is 56.6 Å². The molecule has 0 spiro atoms. The molecule has 1 aromatic heterocycles. The zero-order chi connectivity index (χ0) is 44.3. The molecule has 2 aliphatic heterocycles. The molecule has 0 bridgehead atoms. The molecule has 0 atom stereocenters. The monoisotopic (exact) mass is 830 g/mol. The molecule has 0 amide bonds. The molecular formula is C58H63BN2O2. The number of nitrogens with zero attached hydrogens (tertiary/aromatic N) is 2. The van der Waals surface area contributed by atoms with Crippen LogP contribution < -0.4 is 25.3 Å². The Balaban J connectivity index is 1.31. The van der Waals surface area contributed by atoms with Gasteiger partial charge in [-0.3, -0.25) is 0 Å². The van der Waals surface area contributed by atoms with Crippen molar-refractivity contribution in [3.05, 3.63) is 125 Å². The zero-order valence-corrected chi connectivity index (χ0v) is 39.9. The summed E-state index contributed by atoms with van der Waals surface area (Å²) in [7, 11) is 3.56. The lowest BCUT2D eigenvalue weighted by molar-refractivity contribution is 0.332. The Morgan fingerprint density at radius 1 is 0.524 bits per heavy atom. The van der Waals surface area contributed by atoms with E-state index in [0.29, 0.717) is 0 Å². The van der Waals surface area contributed by atoms with Crippen molar-refractivity contribution in [2.75, 3.05) is 19.1 Å². The maximum atomic E-state index is 6.17. The van der Waals surface area contributed by atoms with Crippen LogP contribution in [0.5, 0.6) is 11.5 Å². The number of methoxy groups -OCH3 is 2. The van der Waals surface area contributed by atoms with Crippen LogP contribution in [0.2, 0.25) is 0 Å². The molecular weight excluding hydrogens is 767 g/mol. The van der Waals surface area contributed by atoms with E-state index in [0.717, 1.165) is 24.3 Å². The zero-order valence-electron chi connectivity index (χ0n) is 39.9. The van der Waals surface area contributed by atoms with Crippen LogP contribution in [0, 0.1) is 0 Å². The van der Waals surface area contributed by atoms with E-state index in [-0.39, 0.29) is 33.9 Å². The summed E-state index contributed by atoms with van der Waals surface area (Å²) in [6, 6.07) is 38.3. The fraction of sp³-hybridized carbons (Fsp3) is 0.379. The molecule has 4 aliphatic rings. The van der Waals surface area contributed by atoms with Crippen LogP contribution in [0.4, 0.5) is 17.1 Å². The van der Waals surface area contributed by atoms with Gasteiger partial charge < -0.3 is 18.9 Å². The molecule has 11 rings (SSSR count). The standard InChI is InChI=1S/C58H63BN2O2/c1-54(2,3)36-16-14-34(15-17-36)35-26-41-43-31-39(63-13)30-42-40-29-38(62-12)19-21-49(40)61(53(42)43)59-48-32-46-47(58(10,11)25-24-57(46,8)9)33-50(48)60(51(27-35)52(41)59)37-18-20-44-45(28-37)56(6,7)23-22-55(44,4)5/h14-21,26-33H,22-25H2,1-13H3. The van der Waals surface area contributed by atoms with E-state index in [1.54, 1.807) is 14.2 Å². The third-order valence-electron chi connectivity index (χ3n) is 16.2. The Hall–Kier alpha value is -5.42. The van der Waals surface area contributed by atoms with Gasteiger partial charge in [-0.2, -0.15) is 0 Å². The molecule has 0 saturated carbocycles. The minimum atomic E-state index is -0.0630. The number of hydrogen-bond donors (Lipinski definition) is 0. The molecule has 0 radical (unpaired) electrons. The average Bonchev–Trinajstić information content (AvgIpc) is 3.57. The highest BCUT2D eigenvalue weighted by Crippen LogP contribution is 2.54. The van der Waals surface area contributed by atoms with E-state index in [2.05, 4.69) is 183 Å². The lowest BCUT2D eigenvalue weighted by Gasteiger charge is -2.47. The van der Waals surface area contributed by atoms with Crippen LogP contribution in [-0.4, -0.2) is 25.5 Å². The highest BCUT2D eigenvalue weighted by molar-refractivity contribution is 6.90. The van der Waals surface area contributed by atoms with Crippen LogP contribution in [-0.2, 0) is 27.1 Å². The van der Waals surface area contributed by atoms with Gasteiger partial charge in [-0.15, -0.1) is 0 Å². The molecule has 4 nitrogen and oxygen atoms in total. The predicted molar refractivity (Wildman–Crippen MR) is 268 cm³/mol. The fourth-order valence-corrected chi connectivity index (χ4v) is 12.1. The molecule has 320 valence electrons. The Bertz CT molecular complexity index is 3080. The van der Waals surface area contributed by atoms with Crippen LogP contribution in [0.1, 0.15) is 130 Å². The summed E-state index contributed by atoms with van der Waals surface area (Å²) in [6.45, 7) is 26.5. The molecule has 63 heavy (non-hydrogen) atoms. The molecule has 3 heterocycles. The SMILES string of the molecule is COc1ccc2c(c1)c1cc(OC)cc3c1n2B1c2cc4c(cc2N(c2ccc5c(c2)C(C)(C)CCC5(C)C)c2cc(-c5ccc(C(C)(C)C)cc5)cc-3c21)C(C)(C)CCC4(C)C. The molecule has 0 fully saturated rings. The molecule has 2 aliphatic carbocycles. The van der Waals surface area contributed by atoms with Gasteiger partial charge in [0.25, 0.3) is 0 Å². The summed E-state index contributed by atoms with van der Waals surface area (Å²) in [4.78, 5) is 2.67. The maximum absolute atomic E-state index is 6.17. The van der Waals surface area contributed by atoms with Crippen molar-refractivity contribution in [2.24, 2.45) is 0 Å². The van der Waals surface area contributed by atoms with Gasteiger partial charge >= 0.3 is 6.85 Å². The smallest absolute Gasteiger partial charge is 0.333 e. The number of hydrogen-bond acceptors (Lipinski definition) is 3. The Morgan fingerprint density at radius 2 is 1.13 bits per heavy atom. The van der Waals surface area contributed by atoms with Crippen LogP contribution in [0.25, 0.3) is 44.1 Å². The lowest BCUT2D eigenvalue weighted by atomic mass is 9.44. The normalized spacial score (nSPS) is 18.4. The summed E-state index contributed by atoms with van der Waals surface area (Å²) in [5.74, 6) is 1.72. The predicted octanol–water partition coefficient (Wildman–Crippen LogP) is 13.9. The van der Waals surface area contributed by atoms with E-state index in [1.165, 1.54) is 113 Å². The first-order chi connectivity index (χ1) is 29.7. The van der Waals surface area contributed by atoms with Crippen molar-refractivity contribution in [1.29, 1.82) is 0 Å². The number of fused-ring (bicyclic) bond motifs is 9. The summed E-state index contributed by atoms with van der Waals surface area (Å²) in [6.07, 6.45) is 4.68. The minimum Gasteiger partial charge on any atom is -0.497 e. The number of aromatic nitrogens is 1. The van der Waals surface area contributed by atoms with Gasteiger partial charge in [-0.1, -0.05) is 113 Å². The highest BCUT2D eigenvalue weighted by Gasteiger charge is 2.47. The second kappa shape index (κ2) is 13.1. The van der Waals surface area contributed by atoms with Gasteiger partial charge in [0.2, 0.25) is 0 Å². The third-order valence-corrected chi connectivity index (χ3v) is 16.2. The molecule has 7 aromatic rings. The molecule has 6 aromatic carbocycles. The van der Waals surface area contributed by atoms with Crippen molar-refractivity contribution in [3.63, 3.8) is 0 Å². The van der Waals surface area contributed by atoms with Gasteiger partial charge in [0, 0.05) is 44.4 Å². The Labute approximate surface area is 375 Å². The van der Waals surface area contributed by atoms with Crippen molar-refractivity contribution in [3.8, 4) is 33.8 Å². The number of rotatable bonds is 4. The first-order valence-electron chi connectivity index (χ1n) is 23.4. The molecule has 0 unspecified atom stereocenters. The van der Waals surface area contributed by atoms with Crippen LogP contribution in [0.15, 0.2) is 97.1 Å².